The summed E-state index contributed by atoms with van der Waals surface area (Å²) < 4.78 is 41.4. The number of benzene rings is 1. The Morgan fingerprint density at radius 3 is 2.43 bits per heavy atom. The van der Waals surface area contributed by atoms with E-state index in [2.05, 4.69) is 10.2 Å². The van der Waals surface area contributed by atoms with Gasteiger partial charge in [0.1, 0.15) is 12.4 Å². The molecule has 1 N–H and O–H groups in total. The van der Waals surface area contributed by atoms with Crippen LogP contribution in [0.3, 0.4) is 0 Å². The predicted octanol–water partition coefficient (Wildman–Crippen LogP) is 3.58. The third-order valence-electron chi connectivity index (χ3n) is 3.76. The Kier molecular flexibility index (Phi) is 6.02. The first-order chi connectivity index (χ1) is 12.8. The van der Waals surface area contributed by atoms with E-state index in [1.54, 1.807) is 11.6 Å². The molecule has 1 aromatic carbocycles. The van der Waals surface area contributed by atoms with E-state index in [1.165, 1.54) is 39.2 Å². The molecule has 0 spiro atoms. The quantitative estimate of drug-likeness (QED) is 0.589. The van der Waals surface area contributed by atoms with Crippen molar-refractivity contribution in [2.75, 3.05) is 0 Å². The van der Waals surface area contributed by atoms with E-state index in [0.717, 1.165) is 17.8 Å². The summed E-state index contributed by atoms with van der Waals surface area (Å²) in [7, 11) is 1.65. The summed E-state index contributed by atoms with van der Waals surface area (Å²) in [6.45, 7) is 4.03. The molecule has 1 heterocycles. The highest BCUT2D eigenvalue weighted by Gasteiger charge is 2.47. The average molecular weight is 417 g/mol. The second kappa shape index (κ2) is 7.78. The number of aromatic nitrogens is 3. The normalized spacial score (nSPS) is 13.2. The SMILES string of the molecule is Cn1cnnc1Sc1ccc(C(=O)NC(C(C)(C)C)C(F)(F)F)cc1[N+](=O)[O-]. The maximum absolute atomic E-state index is 13.3. The van der Waals surface area contributed by atoms with Gasteiger partial charge in [-0.15, -0.1) is 10.2 Å². The predicted molar refractivity (Wildman–Crippen MR) is 95.0 cm³/mol. The van der Waals surface area contributed by atoms with E-state index in [-0.39, 0.29) is 10.5 Å². The number of rotatable bonds is 5. The van der Waals surface area contributed by atoms with Crippen LogP contribution in [0.15, 0.2) is 34.6 Å². The number of hydrogen-bond acceptors (Lipinski definition) is 6. The highest BCUT2D eigenvalue weighted by atomic mass is 32.2. The van der Waals surface area contributed by atoms with Crippen LogP contribution in [0.1, 0.15) is 31.1 Å². The molecule has 0 fully saturated rings. The van der Waals surface area contributed by atoms with E-state index >= 15 is 0 Å². The molecule has 0 aliphatic carbocycles. The van der Waals surface area contributed by atoms with Crippen LogP contribution in [-0.2, 0) is 7.05 Å². The zero-order valence-electron chi connectivity index (χ0n) is 15.4. The zero-order valence-corrected chi connectivity index (χ0v) is 16.3. The standard InChI is InChI=1S/C16H18F3N5O3S/c1-15(2,3)13(16(17,18)19)21-12(25)9-5-6-11(10(7-9)24(26)27)28-14-22-20-8-23(14)4/h5-8,13H,1-4H3,(H,21,25). The van der Waals surface area contributed by atoms with E-state index < -0.39 is 34.2 Å². The summed E-state index contributed by atoms with van der Waals surface area (Å²) >= 11 is 0.955. The average Bonchev–Trinajstić information content (AvgIpc) is 2.95. The topological polar surface area (TPSA) is 103 Å². The van der Waals surface area contributed by atoms with Crippen LogP contribution < -0.4 is 5.32 Å². The molecule has 0 radical (unpaired) electrons. The van der Waals surface area contributed by atoms with Gasteiger partial charge in [-0.1, -0.05) is 20.8 Å². The van der Waals surface area contributed by atoms with Gasteiger partial charge in [-0.25, -0.2) is 0 Å². The Morgan fingerprint density at radius 2 is 1.96 bits per heavy atom. The minimum atomic E-state index is -4.67. The fourth-order valence-electron chi connectivity index (χ4n) is 2.35. The molecule has 8 nitrogen and oxygen atoms in total. The van der Waals surface area contributed by atoms with Crippen molar-refractivity contribution in [3.05, 3.63) is 40.2 Å². The lowest BCUT2D eigenvalue weighted by Gasteiger charge is -2.33. The van der Waals surface area contributed by atoms with Gasteiger partial charge >= 0.3 is 6.18 Å². The Hall–Kier alpha value is -2.63. The maximum Gasteiger partial charge on any atom is 0.409 e. The van der Waals surface area contributed by atoms with Crippen LogP contribution in [0.2, 0.25) is 0 Å². The minimum absolute atomic E-state index is 0.181. The molecule has 0 bridgehead atoms. The Bertz CT molecular complexity index is 878. The lowest BCUT2D eigenvalue weighted by Crippen LogP contribution is -2.53. The molecule has 0 aliphatic rings. The van der Waals surface area contributed by atoms with E-state index in [0.29, 0.717) is 5.16 Å². The molecule has 0 aliphatic heterocycles. The third kappa shape index (κ3) is 5.00. The van der Waals surface area contributed by atoms with Gasteiger partial charge in [0.15, 0.2) is 5.16 Å². The molecule has 12 heteroatoms. The summed E-state index contributed by atoms with van der Waals surface area (Å²) in [5, 5.41) is 21.2. The second-order valence-electron chi connectivity index (χ2n) is 7.08. The smallest absolute Gasteiger partial charge is 0.340 e. The summed E-state index contributed by atoms with van der Waals surface area (Å²) in [5.74, 6) is -1.05. The lowest BCUT2D eigenvalue weighted by molar-refractivity contribution is -0.387. The van der Waals surface area contributed by atoms with E-state index in [9.17, 15) is 28.1 Å². The van der Waals surface area contributed by atoms with Crippen molar-refractivity contribution in [2.45, 2.75) is 43.0 Å². The van der Waals surface area contributed by atoms with Crippen LogP contribution in [0.25, 0.3) is 0 Å². The summed E-state index contributed by atoms with van der Waals surface area (Å²) in [4.78, 5) is 23.2. The number of carbonyl (C=O) groups excluding carboxylic acids is 1. The zero-order chi connectivity index (χ0) is 21.3. The number of nitrogens with zero attached hydrogens (tertiary/aromatic N) is 4. The van der Waals surface area contributed by atoms with Crippen molar-refractivity contribution in [2.24, 2.45) is 12.5 Å². The highest BCUT2D eigenvalue weighted by Crippen LogP contribution is 2.35. The van der Waals surface area contributed by atoms with Gasteiger partial charge in [-0.2, -0.15) is 13.2 Å². The number of nitrogens with one attached hydrogen (secondary N) is 1. The lowest BCUT2D eigenvalue weighted by atomic mass is 9.86. The molecule has 2 aromatic rings. The van der Waals surface area contributed by atoms with Crippen LogP contribution >= 0.6 is 11.8 Å². The maximum atomic E-state index is 13.3. The molecular formula is C16H18F3N5O3S. The van der Waals surface area contributed by atoms with Gasteiger partial charge in [-0.05, 0) is 29.3 Å². The largest absolute Gasteiger partial charge is 0.409 e. The Morgan fingerprint density at radius 1 is 1.32 bits per heavy atom. The van der Waals surface area contributed by atoms with Gasteiger partial charge in [0.2, 0.25) is 0 Å². The van der Waals surface area contributed by atoms with Crippen molar-refractivity contribution >= 4 is 23.4 Å². The van der Waals surface area contributed by atoms with Gasteiger partial charge in [0.05, 0.1) is 9.82 Å². The molecule has 1 atom stereocenters. The number of aryl methyl sites for hydroxylation is 1. The molecule has 28 heavy (non-hydrogen) atoms. The van der Waals surface area contributed by atoms with Gasteiger partial charge in [0, 0.05) is 18.7 Å². The van der Waals surface area contributed by atoms with Crippen LogP contribution in [0, 0.1) is 15.5 Å². The van der Waals surface area contributed by atoms with Gasteiger partial charge in [-0.3, -0.25) is 14.9 Å². The van der Waals surface area contributed by atoms with Gasteiger partial charge in [0.25, 0.3) is 11.6 Å². The van der Waals surface area contributed by atoms with Crippen LogP contribution in [0.5, 0.6) is 0 Å². The molecule has 0 saturated carbocycles. The number of alkyl halides is 3. The highest BCUT2D eigenvalue weighted by molar-refractivity contribution is 7.99. The number of halogens is 3. The first-order valence-electron chi connectivity index (χ1n) is 7.98. The van der Waals surface area contributed by atoms with Crippen molar-refractivity contribution in [3.63, 3.8) is 0 Å². The first kappa shape index (κ1) is 21.7. The van der Waals surface area contributed by atoms with Crippen LogP contribution in [0.4, 0.5) is 18.9 Å². The number of hydrogen-bond donors (Lipinski definition) is 1. The minimum Gasteiger partial charge on any atom is -0.340 e. The molecule has 152 valence electrons. The van der Waals surface area contributed by atoms with Crippen molar-refractivity contribution in [1.29, 1.82) is 0 Å². The van der Waals surface area contributed by atoms with Crippen molar-refractivity contribution in [1.82, 2.24) is 20.1 Å². The number of amides is 1. The molecule has 1 aromatic heterocycles. The fourth-order valence-corrected chi connectivity index (χ4v) is 3.20. The van der Waals surface area contributed by atoms with E-state index in [1.807, 2.05) is 5.32 Å². The molecule has 0 saturated heterocycles. The molecular weight excluding hydrogens is 399 g/mol. The second-order valence-corrected chi connectivity index (χ2v) is 8.09. The first-order valence-corrected chi connectivity index (χ1v) is 8.80. The third-order valence-corrected chi connectivity index (χ3v) is 4.88. The monoisotopic (exact) mass is 417 g/mol. The molecule has 1 unspecified atom stereocenters. The summed E-state index contributed by atoms with van der Waals surface area (Å²) in [6, 6.07) is 1.37. The number of nitro benzene ring substituents is 1. The summed E-state index contributed by atoms with van der Waals surface area (Å²) in [6.07, 6.45) is -3.25. The number of carbonyl (C=O) groups is 1. The molecule has 2 rings (SSSR count). The van der Waals surface area contributed by atoms with Crippen molar-refractivity contribution < 1.29 is 22.9 Å². The Balaban J connectivity index is 2.33. The van der Waals surface area contributed by atoms with Crippen LogP contribution in [-0.4, -0.2) is 37.8 Å². The summed E-state index contributed by atoms with van der Waals surface area (Å²) in [5.41, 5.74) is -1.95. The number of nitro groups is 1. The van der Waals surface area contributed by atoms with Crippen molar-refractivity contribution in [3.8, 4) is 0 Å². The van der Waals surface area contributed by atoms with E-state index in [4.69, 9.17) is 0 Å². The fraction of sp³-hybridized carbons (Fsp3) is 0.438. The Labute approximate surface area is 162 Å². The van der Waals surface area contributed by atoms with Gasteiger partial charge < -0.3 is 9.88 Å². The molecule has 1 amide bonds.